The molecule has 2 heterocycles. The molecule has 24 heavy (non-hydrogen) atoms. The molecule has 3 aliphatic rings. The second-order valence-corrected chi connectivity index (χ2v) is 6.83. The molecule has 1 aromatic carbocycles. The van der Waals surface area contributed by atoms with Gasteiger partial charge in [-0.05, 0) is 43.2 Å². The van der Waals surface area contributed by atoms with Gasteiger partial charge in [0, 0.05) is 12.1 Å². The Kier molecular flexibility index (Phi) is 3.79. The maximum absolute atomic E-state index is 12.6. The van der Waals surface area contributed by atoms with Gasteiger partial charge in [-0.1, -0.05) is 30.3 Å². The quantitative estimate of drug-likeness (QED) is 0.869. The van der Waals surface area contributed by atoms with Crippen LogP contribution in [0.4, 0.5) is 4.79 Å². The summed E-state index contributed by atoms with van der Waals surface area (Å²) in [5, 5.41) is 3.07. The van der Waals surface area contributed by atoms with E-state index in [1.54, 1.807) is 0 Å². The molecule has 1 aliphatic carbocycles. The number of rotatable bonds is 3. The third-order valence-electron chi connectivity index (χ3n) is 5.27. The van der Waals surface area contributed by atoms with Crippen LogP contribution in [0.1, 0.15) is 37.7 Å². The standard InChI is InChI=1S/C19H22N2O3/c1-24-18(22)17-15(12-5-3-2-4-6-12)11-14-9-10-16(17)21(14)19(23)20-13-7-8-13/h2-6,13-14,16H,7-11H2,1H3,(H,20,23)/t14-,16+/m0/s1. The number of methoxy groups -OCH3 is 1. The van der Waals surface area contributed by atoms with Crippen LogP contribution in [-0.2, 0) is 9.53 Å². The first-order valence-electron chi connectivity index (χ1n) is 8.64. The minimum absolute atomic E-state index is 0.0292. The minimum Gasteiger partial charge on any atom is -0.466 e. The lowest BCUT2D eigenvalue weighted by Gasteiger charge is -2.37. The van der Waals surface area contributed by atoms with Crippen LogP contribution in [0.3, 0.4) is 0 Å². The minimum atomic E-state index is -0.316. The van der Waals surface area contributed by atoms with Crippen molar-refractivity contribution >= 4 is 17.6 Å². The largest absolute Gasteiger partial charge is 0.466 e. The SMILES string of the molecule is COC(=O)C1=C(c2ccccc2)C[C@@H]2CC[C@H]1N2C(=O)NC1CC1. The first-order chi connectivity index (χ1) is 11.7. The molecule has 2 amide bonds. The third-order valence-corrected chi connectivity index (χ3v) is 5.27. The molecule has 126 valence electrons. The van der Waals surface area contributed by atoms with Crippen LogP contribution in [0.5, 0.6) is 0 Å². The maximum Gasteiger partial charge on any atom is 0.336 e. The Labute approximate surface area is 141 Å². The molecular weight excluding hydrogens is 304 g/mol. The molecule has 0 aromatic heterocycles. The van der Waals surface area contributed by atoms with Crippen LogP contribution in [0.2, 0.25) is 0 Å². The molecule has 2 fully saturated rings. The first-order valence-corrected chi connectivity index (χ1v) is 8.64. The van der Waals surface area contributed by atoms with Gasteiger partial charge in [-0.3, -0.25) is 0 Å². The van der Waals surface area contributed by atoms with Gasteiger partial charge < -0.3 is 15.0 Å². The van der Waals surface area contributed by atoms with Crippen molar-refractivity contribution in [1.82, 2.24) is 10.2 Å². The second-order valence-electron chi connectivity index (χ2n) is 6.83. The number of esters is 1. The molecule has 0 radical (unpaired) electrons. The molecule has 2 aliphatic heterocycles. The summed E-state index contributed by atoms with van der Waals surface area (Å²) in [5.74, 6) is -0.316. The topological polar surface area (TPSA) is 58.6 Å². The molecule has 1 saturated heterocycles. The van der Waals surface area contributed by atoms with Crippen molar-refractivity contribution in [2.45, 2.75) is 50.2 Å². The van der Waals surface area contributed by atoms with Crippen molar-refractivity contribution in [1.29, 1.82) is 0 Å². The predicted octanol–water partition coefficient (Wildman–Crippen LogP) is 2.72. The fraction of sp³-hybridized carbons (Fsp3) is 0.474. The Morgan fingerprint density at radius 1 is 1.12 bits per heavy atom. The van der Waals surface area contributed by atoms with E-state index in [0.717, 1.165) is 36.8 Å². The van der Waals surface area contributed by atoms with Gasteiger partial charge in [-0.15, -0.1) is 0 Å². The van der Waals surface area contributed by atoms with Crippen molar-refractivity contribution in [2.75, 3.05) is 7.11 Å². The summed E-state index contributed by atoms with van der Waals surface area (Å²) in [6.07, 6.45) is 4.58. The van der Waals surface area contributed by atoms with E-state index in [2.05, 4.69) is 5.32 Å². The van der Waals surface area contributed by atoms with Crippen molar-refractivity contribution in [3.05, 3.63) is 41.5 Å². The molecule has 1 N–H and O–H groups in total. The Hall–Kier alpha value is -2.30. The number of carbonyl (C=O) groups is 2. The lowest BCUT2D eigenvalue weighted by Crippen LogP contribution is -2.51. The van der Waals surface area contributed by atoms with Crippen LogP contribution >= 0.6 is 0 Å². The monoisotopic (exact) mass is 326 g/mol. The molecule has 4 rings (SSSR count). The lowest BCUT2D eigenvalue weighted by molar-refractivity contribution is -0.136. The molecule has 5 heteroatoms. The molecular formula is C19H22N2O3. The summed E-state index contributed by atoms with van der Waals surface area (Å²) in [7, 11) is 1.41. The fourth-order valence-electron chi connectivity index (χ4n) is 3.98. The molecule has 5 nitrogen and oxygen atoms in total. The number of benzene rings is 1. The first kappa shape index (κ1) is 15.2. The Balaban J connectivity index is 1.72. The van der Waals surface area contributed by atoms with Gasteiger partial charge in [-0.25, -0.2) is 9.59 Å². The van der Waals surface area contributed by atoms with E-state index < -0.39 is 0 Å². The highest BCUT2D eigenvalue weighted by atomic mass is 16.5. The van der Waals surface area contributed by atoms with E-state index in [1.807, 2.05) is 35.2 Å². The average molecular weight is 326 g/mol. The molecule has 0 spiro atoms. The van der Waals surface area contributed by atoms with Crippen molar-refractivity contribution in [3.8, 4) is 0 Å². The highest BCUT2D eigenvalue weighted by Crippen LogP contribution is 2.43. The lowest BCUT2D eigenvalue weighted by atomic mass is 9.88. The number of hydrogen-bond donors (Lipinski definition) is 1. The smallest absolute Gasteiger partial charge is 0.336 e. The van der Waals surface area contributed by atoms with Crippen LogP contribution in [0, 0.1) is 0 Å². The molecule has 2 bridgehead atoms. The van der Waals surface area contributed by atoms with Crippen LogP contribution in [0.25, 0.3) is 5.57 Å². The Morgan fingerprint density at radius 3 is 2.54 bits per heavy atom. The molecule has 2 atom stereocenters. The zero-order chi connectivity index (χ0) is 16.7. The van der Waals surface area contributed by atoms with Gasteiger partial charge in [0.2, 0.25) is 0 Å². The van der Waals surface area contributed by atoms with Gasteiger partial charge in [0.1, 0.15) is 0 Å². The number of hydrogen-bond acceptors (Lipinski definition) is 3. The van der Waals surface area contributed by atoms with Crippen molar-refractivity contribution in [3.63, 3.8) is 0 Å². The number of ether oxygens (including phenoxy) is 1. The number of nitrogens with one attached hydrogen (secondary N) is 1. The van der Waals surface area contributed by atoms with Gasteiger partial charge in [0.25, 0.3) is 0 Å². The van der Waals surface area contributed by atoms with E-state index in [-0.39, 0.29) is 24.1 Å². The molecule has 0 unspecified atom stereocenters. The van der Waals surface area contributed by atoms with Crippen LogP contribution < -0.4 is 5.32 Å². The fourth-order valence-corrected chi connectivity index (χ4v) is 3.98. The number of amides is 2. The highest BCUT2D eigenvalue weighted by molar-refractivity contribution is 6.01. The van der Waals surface area contributed by atoms with E-state index in [9.17, 15) is 9.59 Å². The zero-order valence-corrected chi connectivity index (χ0v) is 13.8. The predicted molar refractivity (Wildman–Crippen MR) is 90.2 cm³/mol. The summed E-state index contributed by atoms with van der Waals surface area (Å²) in [6.45, 7) is 0. The van der Waals surface area contributed by atoms with Gasteiger partial charge in [0.05, 0.1) is 18.7 Å². The van der Waals surface area contributed by atoms with Gasteiger partial charge in [-0.2, -0.15) is 0 Å². The van der Waals surface area contributed by atoms with Crippen molar-refractivity contribution in [2.24, 2.45) is 0 Å². The number of nitrogens with zero attached hydrogens (tertiary/aromatic N) is 1. The summed E-state index contributed by atoms with van der Waals surface area (Å²) < 4.78 is 5.06. The molecule has 1 saturated carbocycles. The molecule has 1 aromatic rings. The Morgan fingerprint density at radius 2 is 1.88 bits per heavy atom. The summed E-state index contributed by atoms with van der Waals surface area (Å²) in [5.41, 5.74) is 2.74. The summed E-state index contributed by atoms with van der Waals surface area (Å²) >= 11 is 0. The van der Waals surface area contributed by atoms with Gasteiger partial charge >= 0.3 is 12.0 Å². The van der Waals surface area contributed by atoms with Crippen LogP contribution in [-0.4, -0.2) is 42.1 Å². The second kappa shape index (κ2) is 5.96. The van der Waals surface area contributed by atoms with E-state index in [0.29, 0.717) is 18.0 Å². The number of urea groups is 1. The number of fused-ring (bicyclic) bond motifs is 2. The summed E-state index contributed by atoms with van der Waals surface area (Å²) in [6, 6.07) is 10.2. The van der Waals surface area contributed by atoms with Crippen molar-refractivity contribution < 1.29 is 14.3 Å². The number of carbonyl (C=O) groups excluding carboxylic acids is 2. The van der Waals surface area contributed by atoms with Gasteiger partial charge in [0.15, 0.2) is 0 Å². The summed E-state index contributed by atoms with van der Waals surface area (Å²) in [4.78, 5) is 27.0. The maximum atomic E-state index is 12.6. The zero-order valence-electron chi connectivity index (χ0n) is 13.8. The third kappa shape index (κ3) is 2.58. The Bertz CT molecular complexity index is 694. The highest BCUT2D eigenvalue weighted by Gasteiger charge is 2.47. The van der Waals surface area contributed by atoms with Crippen LogP contribution in [0.15, 0.2) is 35.9 Å². The average Bonchev–Trinajstić information content (AvgIpc) is 3.37. The normalized spacial score (nSPS) is 25.6. The van der Waals surface area contributed by atoms with E-state index >= 15 is 0 Å². The van der Waals surface area contributed by atoms with E-state index in [4.69, 9.17) is 4.74 Å². The van der Waals surface area contributed by atoms with E-state index in [1.165, 1.54) is 7.11 Å².